The van der Waals surface area contributed by atoms with Gasteiger partial charge < -0.3 is 9.08 Å². The summed E-state index contributed by atoms with van der Waals surface area (Å²) < 4.78 is 33.5. The van der Waals surface area contributed by atoms with Crippen molar-refractivity contribution in [3.63, 3.8) is 0 Å². The fraction of sp³-hybridized carbons (Fsp3) is 0.381. The molecule has 30 heavy (non-hydrogen) atoms. The van der Waals surface area contributed by atoms with Gasteiger partial charge in [0.25, 0.3) is 0 Å². The Hall–Kier alpha value is -2.46. The van der Waals surface area contributed by atoms with Crippen molar-refractivity contribution >= 4 is 10.4 Å². The molecule has 1 N–H and O–H groups in total. The number of piperidine rings is 1. The van der Waals surface area contributed by atoms with E-state index in [0.717, 1.165) is 37.1 Å². The highest BCUT2D eigenvalue weighted by atomic mass is 32.3. The van der Waals surface area contributed by atoms with E-state index in [1.165, 1.54) is 11.9 Å². The lowest BCUT2D eigenvalue weighted by molar-refractivity contribution is 0.193. The van der Waals surface area contributed by atoms with Gasteiger partial charge in [-0.25, -0.2) is 9.97 Å². The molecule has 1 aliphatic rings. The lowest BCUT2D eigenvalue weighted by atomic mass is 10.0. The third kappa shape index (κ3) is 4.65. The normalized spacial score (nSPS) is 19.5. The minimum Gasteiger partial charge on any atom is -0.593 e. The Labute approximate surface area is 177 Å². The number of benzene rings is 1. The van der Waals surface area contributed by atoms with Crippen LogP contribution in [0.15, 0.2) is 52.4 Å². The number of likely N-dealkylation sites (tertiary alicyclic amines) is 1. The second kappa shape index (κ2) is 8.73. The molecule has 158 valence electrons. The molecule has 0 saturated carbocycles. The molecule has 1 saturated heterocycles. The zero-order valence-electron chi connectivity index (χ0n) is 17.1. The number of hydrogen-bond donors (Lipinski definition) is 1. The highest BCUT2D eigenvalue weighted by Gasteiger charge is 2.34. The average molecular weight is 428 g/mol. The summed E-state index contributed by atoms with van der Waals surface area (Å²) in [5.74, 6) is 0.316. The highest BCUT2D eigenvalue weighted by molar-refractivity contribution is 7.95. The summed E-state index contributed by atoms with van der Waals surface area (Å²) in [5.41, 5.74) is 3.63. The molecule has 1 fully saturated rings. The molecule has 0 radical (unpaired) electrons. The first-order chi connectivity index (χ1) is 14.4. The molecule has 2 unspecified atom stereocenters. The Morgan fingerprint density at radius 3 is 2.60 bits per heavy atom. The molecule has 0 amide bonds. The zero-order valence-corrected chi connectivity index (χ0v) is 17.9. The van der Waals surface area contributed by atoms with Crippen molar-refractivity contribution in [2.24, 2.45) is 0 Å². The van der Waals surface area contributed by atoms with Crippen molar-refractivity contribution in [1.29, 1.82) is 0 Å². The zero-order chi connectivity index (χ0) is 21.1. The predicted molar refractivity (Wildman–Crippen MR) is 112 cm³/mol. The molecular weight excluding hydrogens is 402 g/mol. The summed E-state index contributed by atoms with van der Waals surface area (Å²) >= 11 is 0. The monoisotopic (exact) mass is 427 g/mol. The minimum atomic E-state index is -3.66. The van der Waals surface area contributed by atoms with Crippen LogP contribution in [-0.4, -0.2) is 43.7 Å². The van der Waals surface area contributed by atoms with Crippen molar-refractivity contribution in [1.82, 2.24) is 24.7 Å². The van der Waals surface area contributed by atoms with Crippen molar-refractivity contribution in [2.45, 2.75) is 44.2 Å². The van der Waals surface area contributed by atoms with Crippen LogP contribution in [0.1, 0.15) is 29.9 Å². The molecule has 1 aromatic carbocycles. The first-order valence-corrected chi connectivity index (χ1v) is 11.4. The third-order valence-electron chi connectivity index (χ3n) is 5.32. The van der Waals surface area contributed by atoms with E-state index in [-0.39, 0.29) is 10.9 Å². The number of aryl methyl sites for hydroxylation is 2. The Balaban J connectivity index is 1.39. The Morgan fingerprint density at radius 2 is 1.93 bits per heavy atom. The molecule has 3 heterocycles. The van der Waals surface area contributed by atoms with Gasteiger partial charge in [-0.1, -0.05) is 33.6 Å². The van der Waals surface area contributed by atoms with Crippen molar-refractivity contribution in [3.05, 3.63) is 60.0 Å². The quantitative estimate of drug-likeness (QED) is 0.603. The van der Waals surface area contributed by atoms with Crippen LogP contribution in [0.3, 0.4) is 0 Å². The van der Waals surface area contributed by atoms with E-state index in [9.17, 15) is 8.76 Å². The average Bonchev–Trinajstić information content (AvgIpc) is 3.08. The minimum absolute atomic E-state index is 0.141. The maximum Gasteiger partial charge on any atom is 0.240 e. The molecule has 2 atom stereocenters. The number of rotatable bonds is 6. The molecule has 1 aliphatic heterocycles. The van der Waals surface area contributed by atoms with Gasteiger partial charge in [0, 0.05) is 38.0 Å². The van der Waals surface area contributed by atoms with Gasteiger partial charge in [-0.2, -0.15) is 0 Å². The van der Waals surface area contributed by atoms with Gasteiger partial charge in [0.05, 0.1) is 6.04 Å². The van der Waals surface area contributed by atoms with Gasteiger partial charge in [0.2, 0.25) is 4.90 Å². The summed E-state index contributed by atoms with van der Waals surface area (Å²) in [5, 5.41) is 3.76. The van der Waals surface area contributed by atoms with Crippen molar-refractivity contribution < 1.29 is 13.3 Å². The second-order valence-corrected chi connectivity index (χ2v) is 9.32. The van der Waals surface area contributed by atoms with Gasteiger partial charge in [-0.15, -0.1) is 4.72 Å². The molecule has 4 rings (SSSR count). The van der Waals surface area contributed by atoms with Gasteiger partial charge in [0.15, 0.2) is 16.2 Å². The van der Waals surface area contributed by atoms with Crippen LogP contribution in [0, 0.1) is 13.8 Å². The van der Waals surface area contributed by atoms with E-state index < -0.39 is 10.4 Å². The van der Waals surface area contributed by atoms with Crippen molar-refractivity contribution in [3.8, 4) is 11.1 Å². The van der Waals surface area contributed by atoms with Crippen LogP contribution in [0.2, 0.25) is 0 Å². The van der Waals surface area contributed by atoms with E-state index >= 15 is 0 Å². The maximum absolute atomic E-state index is 12.8. The van der Waals surface area contributed by atoms with Crippen LogP contribution < -0.4 is 4.72 Å². The van der Waals surface area contributed by atoms with Crippen LogP contribution in [0.25, 0.3) is 11.1 Å². The largest absolute Gasteiger partial charge is 0.593 e. The van der Waals surface area contributed by atoms with Crippen LogP contribution >= 0.6 is 0 Å². The Kier molecular flexibility index (Phi) is 6.05. The van der Waals surface area contributed by atoms with E-state index in [2.05, 4.69) is 49.0 Å². The van der Waals surface area contributed by atoms with Crippen LogP contribution in [0.5, 0.6) is 0 Å². The smallest absolute Gasteiger partial charge is 0.240 e. The second-order valence-electron chi connectivity index (χ2n) is 7.67. The molecule has 0 spiro atoms. The Morgan fingerprint density at radius 1 is 1.20 bits per heavy atom. The molecule has 0 bridgehead atoms. The molecule has 0 aliphatic carbocycles. The SMILES string of the molecule is Cc1noc(C)c1[S+](=O)([O-])NC1CCCN(Cc2ccc(-c3cncnc3)cc2)C1. The molecular formula is C21H25N5O3S. The maximum atomic E-state index is 12.8. The van der Waals surface area contributed by atoms with Gasteiger partial charge in [-0.05, 0) is 37.4 Å². The summed E-state index contributed by atoms with van der Waals surface area (Å²) in [6, 6.07) is 8.18. The number of nitrogens with zero attached hydrogens (tertiary/aromatic N) is 4. The van der Waals surface area contributed by atoms with E-state index in [1.807, 2.05) is 0 Å². The van der Waals surface area contributed by atoms with Crippen molar-refractivity contribution in [2.75, 3.05) is 13.1 Å². The summed E-state index contributed by atoms with van der Waals surface area (Å²) in [6.07, 6.45) is 6.86. The predicted octanol–water partition coefficient (Wildman–Crippen LogP) is 2.91. The molecule has 9 heteroatoms. The summed E-state index contributed by atoms with van der Waals surface area (Å²) in [4.78, 5) is 10.6. The highest BCUT2D eigenvalue weighted by Crippen LogP contribution is 2.25. The Bertz CT molecular complexity index is 1020. The molecule has 8 nitrogen and oxygen atoms in total. The fourth-order valence-electron chi connectivity index (χ4n) is 3.94. The summed E-state index contributed by atoms with van der Waals surface area (Å²) in [6.45, 7) is 5.64. The van der Waals surface area contributed by atoms with Crippen LogP contribution in [-0.2, 0) is 21.2 Å². The van der Waals surface area contributed by atoms with E-state index in [0.29, 0.717) is 18.0 Å². The summed E-state index contributed by atoms with van der Waals surface area (Å²) in [7, 11) is -3.66. The third-order valence-corrected chi connectivity index (χ3v) is 7.08. The first-order valence-electron chi connectivity index (χ1n) is 9.94. The topological polar surface area (TPSA) is 107 Å². The van der Waals surface area contributed by atoms with Gasteiger partial charge in [0.1, 0.15) is 12.0 Å². The van der Waals surface area contributed by atoms with Crippen LogP contribution in [0.4, 0.5) is 0 Å². The number of nitrogens with one attached hydrogen (secondary N) is 1. The number of aromatic nitrogens is 3. The standard InChI is InChI=1S/C21H25N5O3S/c1-15-21(16(2)29-24-15)30(27,28)25-20-4-3-9-26(13-20)12-17-5-7-18(8-6-17)19-10-22-14-23-11-19/h5-8,10-11,14,20H,3-4,9,12-13H2,1-2H3,(H-,25,27,28). The fourth-order valence-corrected chi connectivity index (χ4v) is 5.53. The van der Waals surface area contributed by atoms with E-state index in [1.54, 1.807) is 26.2 Å². The van der Waals surface area contributed by atoms with E-state index in [4.69, 9.17) is 4.52 Å². The van der Waals surface area contributed by atoms with Gasteiger partial charge >= 0.3 is 0 Å². The molecule has 3 aromatic rings. The number of sulfonamides is 1. The first kappa shape index (κ1) is 20.8. The van der Waals surface area contributed by atoms with Gasteiger partial charge in [-0.3, -0.25) is 4.90 Å². The number of hydrogen-bond acceptors (Lipinski definition) is 7. The lowest BCUT2D eigenvalue weighted by Crippen LogP contribution is -2.49. The molecule has 2 aromatic heterocycles. The lowest BCUT2D eigenvalue weighted by Gasteiger charge is -2.33.